The van der Waals surface area contributed by atoms with Gasteiger partial charge in [-0.15, -0.1) is 0 Å². The Morgan fingerprint density at radius 3 is 2.79 bits per heavy atom. The molecule has 0 aromatic carbocycles. The van der Waals surface area contributed by atoms with Crippen LogP contribution in [0.2, 0.25) is 0 Å². The summed E-state index contributed by atoms with van der Waals surface area (Å²) in [5.74, 6) is 0.785. The number of hydrogen-bond donors (Lipinski definition) is 0. The molecular weight excluding hydrogens is 246 g/mol. The minimum absolute atomic E-state index is 0.322. The molecular formula is C9H12BrN3O. The fraction of sp³-hybridized carbons (Fsp3) is 0.556. The van der Waals surface area contributed by atoms with E-state index in [0.29, 0.717) is 6.10 Å². The molecule has 1 atom stereocenters. The molecule has 1 saturated heterocycles. The molecule has 2 rings (SSSR count). The highest BCUT2D eigenvalue weighted by molar-refractivity contribution is 9.10. The van der Waals surface area contributed by atoms with Gasteiger partial charge in [0.1, 0.15) is 0 Å². The van der Waals surface area contributed by atoms with Gasteiger partial charge in [0.05, 0.1) is 10.6 Å². The first-order valence-electron chi connectivity index (χ1n) is 4.55. The predicted octanol–water partition coefficient (Wildman–Crippen LogP) is 1.46. The highest BCUT2D eigenvalue weighted by Crippen LogP contribution is 2.18. The van der Waals surface area contributed by atoms with E-state index in [1.54, 1.807) is 19.5 Å². The van der Waals surface area contributed by atoms with Crippen LogP contribution in [-0.2, 0) is 4.74 Å². The molecule has 5 heteroatoms. The molecule has 0 aliphatic carbocycles. The van der Waals surface area contributed by atoms with Gasteiger partial charge in [-0.3, -0.25) is 0 Å². The van der Waals surface area contributed by atoms with Crippen molar-refractivity contribution in [3.8, 4) is 0 Å². The molecule has 14 heavy (non-hydrogen) atoms. The minimum Gasteiger partial charge on any atom is -0.380 e. The topological polar surface area (TPSA) is 38.2 Å². The lowest BCUT2D eigenvalue weighted by Gasteiger charge is -2.15. The summed E-state index contributed by atoms with van der Waals surface area (Å²) < 4.78 is 6.19. The lowest BCUT2D eigenvalue weighted by atomic mass is 10.3. The highest BCUT2D eigenvalue weighted by Gasteiger charge is 2.23. The van der Waals surface area contributed by atoms with Crippen LogP contribution in [-0.4, -0.2) is 36.3 Å². The Kier molecular flexibility index (Phi) is 2.98. The molecule has 1 unspecified atom stereocenters. The lowest BCUT2D eigenvalue weighted by Crippen LogP contribution is -2.23. The van der Waals surface area contributed by atoms with Crippen LogP contribution in [0.5, 0.6) is 0 Å². The van der Waals surface area contributed by atoms with Crippen molar-refractivity contribution in [3.63, 3.8) is 0 Å². The van der Waals surface area contributed by atoms with E-state index in [1.165, 1.54) is 0 Å². The van der Waals surface area contributed by atoms with Gasteiger partial charge in [0, 0.05) is 32.6 Å². The van der Waals surface area contributed by atoms with Gasteiger partial charge >= 0.3 is 0 Å². The normalized spacial score (nSPS) is 21.6. The van der Waals surface area contributed by atoms with Gasteiger partial charge in [-0.05, 0) is 22.4 Å². The maximum atomic E-state index is 5.28. The van der Waals surface area contributed by atoms with E-state index in [9.17, 15) is 0 Å². The zero-order chi connectivity index (χ0) is 9.97. The number of nitrogens with zero attached hydrogens (tertiary/aromatic N) is 3. The summed E-state index contributed by atoms with van der Waals surface area (Å²) in [7, 11) is 1.75. The largest absolute Gasteiger partial charge is 0.380 e. The van der Waals surface area contributed by atoms with Gasteiger partial charge in [0.2, 0.25) is 5.95 Å². The minimum atomic E-state index is 0.322. The van der Waals surface area contributed by atoms with Crippen LogP contribution in [0.4, 0.5) is 5.95 Å². The second-order valence-corrected chi connectivity index (χ2v) is 4.21. The van der Waals surface area contributed by atoms with Crippen LogP contribution in [0.15, 0.2) is 16.9 Å². The fourth-order valence-corrected chi connectivity index (χ4v) is 1.78. The van der Waals surface area contributed by atoms with Gasteiger partial charge in [0.25, 0.3) is 0 Å². The molecule has 0 N–H and O–H groups in total. The van der Waals surface area contributed by atoms with Crippen molar-refractivity contribution in [1.82, 2.24) is 9.97 Å². The molecule has 0 amide bonds. The summed E-state index contributed by atoms with van der Waals surface area (Å²) in [6.07, 6.45) is 4.91. The zero-order valence-electron chi connectivity index (χ0n) is 7.98. The molecule has 1 aliphatic rings. The lowest BCUT2D eigenvalue weighted by molar-refractivity contribution is 0.121. The van der Waals surface area contributed by atoms with Crippen LogP contribution in [0.1, 0.15) is 6.42 Å². The van der Waals surface area contributed by atoms with Crippen molar-refractivity contribution >= 4 is 21.9 Å². The Hall–Kier alpha value is -0.680. The molecule has 1 aromatic rings. The smallest absolute Gasteiger partial charge is 0.225 e. The van der Waals surface area contributed by atoms with Crippen molar-refractivity contribution in [3.05, 3.63) is 16.9 Å². The Bertz CT molecular complexity index is 303. The van der Waals surface area contributed by atoms with Crippen LogP contribution in [0.3, 0.4) is 0 Å². The van der Waals surface area contributed by atoms with Gasteiger partial charge in [-0.1, -0.05) is 0 Å². The summed E-state index contributed by atoms with van der Waals surface area (Å²) in [6, 6.07) is 0. The third-order valence-corrected chi connectivity index (χ3v) is 2.78. The zero-order valence-corrected chi connectivity index (χ0v) is 9.57. The standard InChI is InChI=1S/C9H12BrN3O/c1-14-8-2-3-13(6-8)9-11-4-7(10)5-12-9/h4-5,8H,2-3,6H2,1H3. The van der Waals surface area contributed by atoms with Crippen LogP contribution >= 0.6 is 15.9 Å². The van der Waals surface area contributed by atoms with Crippen molar-refractivity contribution in [2.75, 3.05) is 25.1 Å². The quantitative estimate of drug-likeness (QED) is 0.805. The van der Waals surface area contributed by atoms with Crippen LogP contribution in [0.25, 0.3) is 0 Å². The van der Waals surface area contributed by atoms with E-state index >= 15 is 0 Å². The molecule has 0 bridgehead atoms. The maximum Gasteiger partial charge on any atom is 0.225 e. The monoisotopic (exact) mass is 257 g/mol. The molecule has 0 radical (unpaired) electrons. The van der Waals surface area contributed by atoms with Crippen molar-refractivity contribution in [2.24, 2.45) is 0 Å². The van der Waals surface area contributed by atoms with E-state index in [-0.39, 0.29) is 0 Å². The van der Waals surface area contributed by atoms with Gasteiger partial charge < -0.3 is 9.64 Å². The van der Waals surface area contributed by atoms with Crippen LogP contribution < -0.4 is 4.90 Å². The summed E-state index contributed by atoms with van der Waals surface area (Å²) in [5, 5.41) is 0. The molecule has 4 nitrogen and oxygen atoms in total. The van der Waals surface area contributed by atoms with Gasteiger partial charge in [-0.2, -0.15) is 0 Å². The molecule has 0 spiro atoms. The number of anilines is 1. The van der Waals surface area contributed by atoms with Crippen molar-refractivity contribution in [2.45, 2.75) is 12.5 Å². The molecule has 0 saturated carbocycles. The molecule has 1 fully saturated rings. The number of aromatic nitrogens is 2. The number of halogens is 1. The van der Waals surface area contributed by atoms with Crippen LogP contribution in [0, 0.1) is 0 Å². The van der Waals surface area contributed by atoms with E-state index < -0.39 is 0 Å². The summed E-state index contributed by atoms with van der Waals surface area (Å²) in [4.78, 5) is 10.6. The Morgan fingerprint density at radius 1 is 1.50 bits per heavy atom. The van der Waals surface area contributed by atoms with E-state index in [0.717, 1.165) is 29.9 Å². The van der Waals surface area contributed by atoms with Crippen molar-refractivity contribution in [1.29, 1.82) is 0 Å². The van der Waals surface area contributed by atoms with E-state index in [1.807, 2.05) is 0 Å². The maximum absolute atomic E-state index is 5.28. The third kappa shape index (κ3) is 2.04. The predicted molar refractivity (Wildman–Crippen MR) is 57.4 cm³/mol. The average molecular weight is 258 g/mol. The Morgan fingerprint density at radius 2 is 2.21 bits per heavy atom. The SMILES string of the molecule is COC1CCN(c2ncc(Br)cn2)C1. The number of rotatable bonds is 2. The van der Waals surface area contributed by atoms with E-state index in [2.05, 4.69) is 30.8 Å². The van der Waals surface area contributed by atoms with Crippen molar-refractivity contribution < 1.29 is 4.74 Å². The van der Waals surface area contributed by atoms with E-state index in [4.69, 9.17) is 4.74 Å². The number of methoxy groups -OCH3 is 1. The Balaban J connectivity index is 2.06. The molecule has 2 heterocycles. The third-order valence-electron chi connectivity index (χ3n) is 2.37. The molecule has 76 valence electrons. The molecule has 1 aromatic heterocycles. The molecule has 1 aliphatic heterocycles. The van der Waals surface area contributed by atoms with Gasteiger partial charge in [0.15, 0.2) is 0 Å². The fourth-order valence-electron chi connectivity index (χ4n) is 1.57. The number of hydrogen-bond acceptors (Lipinski definition) is 4. The summed E-state index contributed by atoms with van der Waals surface area (Å²) >= 11 is 3.31. The second kappa shape index (κ2) is 4.23. The second-order valence-electron chi connectivity index (χ2n) is 3.29. The first-order valence-corrected chi connectivity index (χ1v) is 5.34. The van der Waals surface area contributed by atoms with Gasteiger partial charge in [-0.25, -0.2) is 9.97 Å². The first-order chi connectivity index (χ1) is 6.79. The Labute approximate surface area is 91.4 Å². The number of ether oxygens (including phenoxy) is 1. The highest BCUT2D eigenvalue weighted by atomic mass is 79.9. The summed E-state index contributed by atoms with van der Waals surface area (Å²) in [6.45, 7) is 1.86. The summed E-state index contributed by atoms with van der Waals surface area (Å²) in [5.41, 5.74) is 0. The average Bonchev–Trinajstić information content (AvgIpc) is 2.67. The first kappa shape index (κ1) is 9.86.